The van der Waals surface area contributed by atoms with Gasteiger partial charge in [-0.2, -0.15) is 0 Å². The zero-order chi connectivity index (χ0) is 13.7. The van der Waals surface area contributed by atoms with E-state index in [9.17, 15) is 18.0 Å². The Bertz CT molecular complexity index is 439. The van der Waals surface area contributed by atoms with E-state index in [0.29, 0.717) is 0 Å². The van der Waals surface area contributed by atoms with Gasteiger partial charge in [0.1, 0.15) is 5.82 Å². The average Bonchev–Trinajstić information content (AvgIpc) is 2.31. The number of hydrogen-bond acceptors (Lipinski definition) is 4. The van der Waals surface area contributed by atoms with Crippen molar-refractivity contribution >= 4 is 5.97 Å². The van der Waals surface area contributed by atoms with Crippen molar-refractivity contribution in [2.24, 2.45) is 5.73 Å². The molecule has 2 N–H and O–H groups in total. The van der Waals surface area contributed by atoms with Crippen LogP contribution in [-0.4, -0.2) is 17.6 Å². The molecule has 1 aromatic heterocycles. The summed E-state index contributed by atoms with van der Waals surface area (Å²) in [6, 6.07) is 0. The first-order chi connectivity index (χ1) is 8.51. The quantitative estimate of drug-likeness (QED) is 0.820. The summed E-state index contributed by atoms with van der Waals surface area (Å²) in [5.74, 6) is -1.74. The number of ether oxygens (including phenoxy) is 1. The van der Waals surface area contributed by atoms with Gasteiger partial charge in [0.2, 0.25) is 0 Å². The number of alkyl halides is 2. The van der Waals surface area contributed by atoms with Gasteiger partial charge in [-0.3, -0.25) is 9.78 Å². The minimum atomic E-state index is -2.91. The molecule has 0 aliphatic rings. The number of aromatic nitrogens is 1. The molecule has 1 rings (SSSR count). The highest BCUT2D eigenvalue weighted by Gasteiger charge is 2.22. The molecule has 1 aromatic rings. The highest BCUT2D eigenvalue weighted by atomic mass is 19.3. The number of hydrogen-bond donors (Lipinski definition) is 1. The number of nitrogens with two attached hydrogens (primary N) is 1. The zero-order valence-corrected chi connectivity index (χ0v) is 9.75. The van der Waals surface area contributed by atoms with Crippen molar-refractivity contribution in [1.82, 2.24) is 4.98 Å². The molecule has 18 heavy (non-hydrogen) atoms. The van der Waals surface area contributed by atoms with Gasteiger partial charge in [0.15, 0.2) is 0 Å². The second-order valence-electron chi connectivity index (χ2n) is 3.44. The van der Waals surface area contributed by atoms with E-state index in [0.717, 1.165) is 6.20 Å². The van der Waals surface area contributed by atoms with Gasteiger partial charge in [-0.05, 0) is 6.92 Å². The second kappa shape index (κ2) is 6.34. The Hall–Kier alpha value is -1.63. The lowest BCUT2D eigenvalue weighted by Crippen LogP contribution is -2.14. The lowest BCUT2D eigenvalue weighted by molar-refractivity contribution is -0.142. The largest absolute Gasteiger partial charge is 0.466 e. The van der Waals surface area contributed by atoms with Gasteiger partial charge in [-0.15, -0.1) is 0 Å². The normalized spacial score (nSPS) is 10.8. The number of pyridine rings is 1. The lowest BCUT2D eigenvalue weighted by Gasteiger charge is -2.11. The van der Waals surface area contributed by atoms with E-state index in [1.54, 1.807) is 6.92 Å². The van der Waals surface area contributed by atoms with Crippen LogP contribution in [0.4, 0.5) is 13.2 Å². The summed E-state index contributed by atoms with van der Waals surface area (Å²) < 4.78 is 43.8. The van der Waals surface area contributed by atoms with Gasteiger partial charge in [0.25, 0.3) is 6.43 Å². The fourth-order valence-corrected chi connectivity index (χ4v) is 1.45. The van der Waals surface area contributed by atoms with Gasteiger partial charge in [0, 0.05) is 23.9 Å². The van der Waals surface area contributed by atoms with E-state index in [1.165, 1.54) is 0 Å². The average molecular weight is 262 g/mol. The maximum Gasteiger partial charge on any atom is 0.310 e. The monoisotopic (exact) mass is 262 g/mol. The van der Waals surface area contributed by atoms with E-state index in [-0.39, 0.29) is 18.8 Å². The Morgan fingerprint density at radius 1 is 1.56 bits per heavy atom. The molecule has 0 aliphatic heterocycles. The van der Waals surface area contributed by atoms with Crippen LogP contribution >= 0.6 is 0 Å². The second-order valence-corrected chi connectivity index (χ2v) is 3.44. The first-order valence-corrected chi connectivity index (χ1v) is 5.31. The van der Waals surface area contributed by atoms with E-state index >= 15 is 0 Å². The Balaban J connectivity index is 3.15. The summed E-state index contributed by atoms with van der Waals surface area (Å²) >= 11 is 0. The van der Waals surface area contributed by atoms with Crippen LogP contribution in [0.3, 0.4) is 0 Å². The summed E-state index contributed by atoms with van der Waals surface area (Å²) in [4.78, 5) is 14.8. The third-order valence-electron chi connectivity index (χ3n) is 2.28. The van der Waals surface area contributed by atoms with E-state index in [4.69, 9.17) is 5.73 Å². The molecule has 0 unspecified atom stereocenters. The maximum absolute atomic E-state index is 13.8. The topological polar surface area (TPSA) is 65.2 Å². The SMILES string of the molecule is CCOC(=O)Cc1c(C(F)F)cnc(CN)c1F. The zero-order valence-electron chi connectivity index (χ0n) is 9.75. The predicted molar refractivity (Wildman–Crippen MR) is 57.4 cm³/mol. The summed E-state index contributed by atoms with van der Waals surface area (Å²) in [7, 11) is 0. The van der Waals surface area contributed by atoms with Crippen LogP contribution in [0.5, 0.6) is 0 Å². The third-order valence-corrected chi connectivity index (χ3v) is 2.28. The maximum atomic E-state index is 13.8. The fraction of sp³-hybridized carbons (Fsp3) is 0.455. The van der Waals surface area contributed by atoms with Crippen molar-refractivity contribution < 1.29 is 22.7 Å². The molecule has 1 heterocycles. The van der Waals surface area contributed by atoms with Crippen LogP contribution in [0.2, 0.25) is 0 Å². The van der Waals surface area contributed by atoms with Crippen LogP contribution < -0.4 is 5.73 Å². The molecule has 0 amide bonds. The molecule has 0 fully saturated rings. The molecule has 0 saturated carbocycles. The molecule has 0 saturated heterocycles. The molecule has 0 radical (unpaired) electrons. The van der Waals surface area contributed by atoms with Crippen molar-refractivity contribution in [3.63, 3.8) is 0 Å². The van der Waals surface area contributed by atoms with Crippen molar-refractivity contribution in [3.05, 3.63) is 28.8 Å². The minimum Gasteiger partial charge on any atom is -0.466 e. The molecule has 0 spiro atoms. The summed E-state index contributed by atoms with van der Waals surface area (Å²) in [5, 5.41) is 0. The molecule has 0 aromatic carbocycles. The number of carbonyl (C=O) groups excluding carboxylic acids is 1. The third kappa shape index (κ3) is 3.19. The standard InChI is InChI=1S/C11H13F3N2O2/c1-2-18-9(17)3-6-7(11(13)14)5-16-8(4-15)10(6)12/h5,11H,2-4,15H2,1H3. The Labute approximate surface area is 102 Å². The highest BCUT2D eigenvalue weighted by Crippen LogP contribution is 2.26. The van der Waals surface area contributed by atoms with Gasteiger partial charge >= 0.3 is 5.97 Å². The van der Waals surface area contributed by atoms with E-state index < -0.39 is 35.8 Å². The number of rotatable bonds is 5. The van der Waals surface area contributed by atoms with Crippen LogP contribution in [0, 0.1) is 5.82 Å². The summed E-state index contributed by atoms with van der Waals surface area (Å²) in [6.45, 7) is 1.44. The molecule has 0 aliphatic carbocycles. The minimum absolute atomic E-state index is 0.0965. The van der Waals surface area contributed by atoms with Crippen LogP contribution in [-0.2, 0) is 22.5 Å². The summed E-state index contributed by atoms with van der Waals surface area (Å²) in [5.41, 5.74) is 4.06. The van der Waals surface area contributed by atoms with Crippen molar-refractivity contribution in [2.45, 2.75) is 26.3 Å². The fourth-order valence-electron chi connectivity index (χ4n) is 1.45. The first kappa shape index (κ1) is 14.4. The number of nitrogens with zero attached hydrogens (tertiary/aromatic N) is 1. The van der Waals surface area contributed by atoms with Gasteiger partial charge in [-0.1, -0.05) is 0 Å². The predicted octanol–water partition coefficient (Wildman–Crippen LogP) is 1.72. The summed E-state index contributed by atoms with van der Waals surface area (Å²) in [6.07, 6.45) is -2.64. The van der Waals surface area contributed by atoms with Crippen molar-refractivity contribution in [2.75, 3.05) is 6.61 Å². The Kier molecular flexibility index (Phi) is 5.08. The van der Waals surface area contributed by atoms with Crippen molar-refractivity contribution in [3.8, 4) is 0 Å². The van der Waals surface area contributed by atoms with Gasteiger partial charge in [-0.25, -0.2) is 13.2 Å². The number of carbonyl (C=O) groups is 1. The van der Waals surface area contributed by atoms with E-state index in [1.807, 2.05) is 0 Å². The van der Waals surface area contributed by atoms with E-state index in [2.05, 4.69) is 9.72 Å². The van der Waals surface area contributed by atoms with Crippen molar-refractivity contribution in [1.29, 1.82) is 0 Å². The smallest absolute Gasteiger partial charge is 0.310 e. The van der Waals surface area contributed by atoms with Crippen LogP contribution in [0.1, 0.15) is 30.2 Å². The number of halogens is 3. The van der Waals surface area contributed by atoms with Crippen LogP contribution in [0.15, 0.2) is 6.20 Å². The Morgan fingerprint density at radius 2 is 2.22 bits per heavy atom. The molecule has 100 valence electrons. The molecule has 0 bridgehead atoms. The lowest BCUT2D eigenvalue weighted by atomic mass is 10.1. The molecular formula is C11H13F3N2O2. The van der Waals surface area contributed by atoms with Crippen LogP contribution in [0.25, 0.3) is 0 Å². The molecule has 4 nitrogen and oxygen atoms in total. The highest BCUT2D eigenvalue weighted by molar-refractivity contribution is 5.73. The van der Waals surface area contributed by atoms with Gasteiger partial charge in [0.05, 0.1) is 18.7 Å². The Morgan fingerprint density at radius 3 is 2.72 bits per heavy atom. The van der Waals surface area contributed by atoms with Gasteiger partial charge < -0.3 is 10.5 Å². The first-order valence-electron chi connectivity index (χ1n) is 5.31. The molecular weight excluding hydrogens is 249 g/mol. The molecule has 0 atom stereocenters. The molecule has 7 heteroatoms. The number of esters is 1.